The lowest BCUT2D eigenvalue weighted by atomic mass is 9.83. The molecule has 1 aliphatic rings. The van der Waals surface area contributed by atoms with Crippen molar-refractivity contribution in [1.29, 1.82) is 0 Å². The van der Waals surface area contributed by atoms with Crippen LogP contribution in [-0.2, 0) is 0 Å². The summed E-state index contributed by atoms with van der Waals surface area (Å²) in [4.78, 5) is 12.5. The Labute approximate surface area is 122 Å². The molecule has 0 aromatic heterocycles. The highest BCUT2D eigenvalue weighted by molar-refractivity contribution is 5.99. The minimum atomic E-state index is 0.0619. The Morgan fingerprint density at radius 1 is 1.20 bits per heavy atom. The van der Waals surface area contributed by atoms with Gasteiger partial charge in [-0.05, 0) is 37.8 Å². The first kappa shape index (κ1) is 14.9. The molecule has 0 saturated heterocycles. The van der Waals surface area contributed by atoms with Crippen molar-refractivity contribution in [2.45, 2.75) is 52.0 Å². The highest BCUT2D eigenvalue weighted by atomic mass is 16.1. The maximum absolute atomic E-state index is 12.5. The third kappa shape index (κ3) is 3.53. The van der Waals surface area contributed by atoms with Crippen molar-refractivity contribution in [1.82, 2.24) is 5.32 Å². The number of rotatable bonds is 5. The Morgan fingerprint density at radius 3 is 2.70 bits per heavy atom. The largest absolute Gasteiger partial charge is 0.385 e. The minimum absolute atomic E-state index is 0.0619. The van der Waals surface area contributed by atoms with E-state index in [2.05, 4.69) is 17.6 Å². The topological polar surface area (TPSA) is 41.1 Å². The van der Waals surface area contributed by atoms with Crippen LogP contribution in [0.15, 0.2) is 24.3 Å². The van der Waals surface area contributed by atoms with Gasteiger partial charge in [-0.3, -0.25) is 4.79 Å². The number of hydrogen-bond acceptors (Lipinski definition) is 2. The fourth-order valence-electron chi connectivity index (χ4n) is 3.16. The van der Waals surface area contributed by atoms with Gasteiger partial charge in [0.2, 0.25) is 0 Å². The van der Waals surface area contributed by atoms with Crippen LogP contribution >= 0.6 is 0 Å². The second kappa shape index (κ2) is 7.32. The van der Waals surface area contributed by atoms with E-state index in [4.69, 9.17) is 0 Å². The number of amides is 1. The van der Waals surface area contributed by atoms with Gasteiger partial charge in [0, 0.05) is 18.3 Å². The number of hydrogen-bond donors (Lipinski definition) is 2. The third-order valence-electron chi connectivity index (χ3n) is 4.29. The molecule has 20 heavy (non-hydrogen) atoms. The Hall–Kier alpha value is -1.51. The van der Waals surface area contributed by atoms with Crippen LogP contribution in [-0.4, -0.2) is 18.5 Å². The fourth-order valence-corrected chi connectivity index (χ4v) is 3.16. The molecule has 0 radical (unpaired) electrons. The first-order valence-corrected chi connectivity index (χ1v) is 7.90. The molecule has 0 bridgehead atoms. The average molecular weight is 274 g/mol. The summed E-state index contributed by atoms with van der Waals surface area (Å²) in [6.07, 6.45) is 6.05. The third-order valence-corrected chi connectivity index (χ3v) is 4.29. The van der Waals surface area contributed by atoms with Gasteiger partial charge >= 0.3 is 0 Å². The molecule has 1 saturated carbocycles. The summed E-state index contributed by atoms with van der Waals surface area (Å²) >= 11 is 0. The fraction of sp³-hybridized carbons (Fsp3) is 0.588. The molecule has 0 heterocycles. The van der Waals surface area contributed by atoms with Crippen molar-refractivity contribution in [2.75, 3.05) is 11.9 Å². The van der Waals surface area contributed by atoms with Crippen LogP contribution in [0.4, 0.5) is 5.69 Å². The summed E-state index contributed by atoms with van der Waals surface area (Å²) in [6.45, 7) is 5.09. The first-order valence-electron chi connectivity index (χ1n) is 7.90. The van der Waals surface area contributed by atoms with Crippen LogP contribution < -0.4 is 10.6 Å². The Morgan fingerprint density at radius 2 is 1.95 bits per heavy atom. The zero-order valence-corrected chi connectivity index (χ0v) is 12.6. The Bertz CT molecular complexity index is 444. The molecule has 1 aromatic carbocycles. The molecule has 1 amide bonds. The smallest absolute Gasteiger partial charge is 0.253 e. The highest BCUT2D eigenvalue weighted by Gasteiger charge is 2.25. The molecule has 3 nitrogen and oxygen atoms in total. The van der Waals surface area contributed by atoms with Gasteiger partial charge in [0.1, 0.15) is 0 Å². The van der Waals surface area contributed by atoms with Crippen molar-refractivity contribution in [3.63, 3.8) is 0 Å². The molecule has 2 N–H and O–H groups in total. The molecule has 2 atom stereocenters. The molecule has 1 aliphatic carbocycles. The first-order chi connectivity index (χ1) is 9.76. The van der Waals surface area contributed by atoms with E-state index in [1.807, 2.05) is 31.2 Å². The predicted octanol–water partition coefficient (Wildman–Crippen LogP) is 3.82. The predicted molar refractivity (Wildman–Crippen MR) is 84.1 cm³/mol. The van der Waals surface area contributed by atoms with E-state index in [1.165, 1.54) is 19.3 Å². The van der Waals surface area contributed by atoms with Crippen LogP contribution in [0.3, 0.4) is 0 Å². The van der Waals surface area contributed by atoms with Crippen molar-refractivity contribution in [2.24, 2.45) is 5.92 Å². The molecule has 1 fully saturated rings. The molecular weight excluding hydrogens is 248 g/mol. The Kier molecular flexibility index (Phi) is 5.45. The van der Waals surface area contributed by atoms with Crippen LogP contribution in [0.2, 0.25) is 0 Å². The van der Waals surface area contributed by atoms with Gasteiger partial charge in [0.25, 0.3) is 5.91 Å². The van der Waals surface area contributed by atoms with E-state index in [9.17, 15) is 4.79 Å². The zero-order valence-electron chi connectivity index (χ0n) is 12.6. The summed E-state index contributed by atoms with van der Waals surface area (Å²) in [5.41, 5.74) is 1.69. The zero-order chi connectivity index (χ0) is 14.4. The van der Waals surface area contributed by atoms with Gasteiger partial charge in [-0.15, -0.1) is 0 Å². The maximum atomic E-state index is 12.5. The summed E-state index contributed by atoms with van der Waals surface area (Å²) < 4.78 is 0. The maximum Gasteiger partial charge on any atom is 0.253 e. The monoisotopic (exact) mass is 274 g/mol. The highest BCUT2D eigenvalue weighted by Crippen LogP contribution is 2.27. The van der Waals surface area contributed by atoms with Crippen LogP contribution in [0.1, 0.15) is 56.3 Å². The van der Waals surface area contributed by atoms with Crippen molar-refractivity contribution >= 4 is 11.6 Å². The molecule has 0 spiro atoms. The Balaban J connectivity index is 2.07. The van der Waals surface area contributed by atoms with Crippen LogP contribution in [0, 0.1) is 5.92 Å². The standard InChI is InChI=1S/C17H26N2O/c1-3-13-9-5-7-11-15(13)19-17(20)14-10-6-8-12-16(14)18-4-2/h6,8,10,12-13,15,18H,3-5,7,9,11H2,1-2H3,(H,19,20). The van der Waals surface area contributed by atoms with Gasteiger partial charge in [-0.25, -0.2) is 0 Å². The van der Waals surface area contributed by atoms with Gasteiger partial charge in [-0.2, -0.15) is 0 Å². The van der Waals surface area contributed by atoms with Gasteiger partial charge in [0.15, 0.2) is 0 Å². The molecule has 1 aromatic rings. The lowest BCUT2D eigenvalue weighted by Gasteiger charge is -2.31. The lowest BCUT2D eigenvalue weighted by Crippen LogP contribution is -2.42. The normalized spacial score (nSPS) is 22.3. The summed E-state index contributed by atoms with van der Waals surface area (Å²) in [7, 11) is 0. The lowest BCUT2D eigenvalue weighted by molar-refractivity contribution is 0.0905. The van der Waals surface area contributed by atoms with Crippen LogP contribution in [0.5, 0.6) is 0 Å². The number of benzene rings is 1. The number of anilines is 1. The number of carbonyl (C=O) groups is 1. The second-order valence-corrected chi connectivity index (χ2v) is 5.61. The molecule has 110 valence electrons. The molecule has 0 aliphatic heterocycles. The number of para-hydroxylation sites is 1. The average Bonchev–Trinajstić information content (AvgIpc) is 2.48. The van der Waals surface area contributed by atoms with E-state index in [0.717, 1.165) is 30.6 Å². The van der Waals surface area contributed by atoms with Gasteiger partial charge in [-0.1, -0.05) is 38.3 Å². The molecular formula is C17H26N2O. The van der Waals surface area contributed by atoms with Gasteiger partial charge in [0.05, 0.1) is 5.56 Å². The van der Waals surface area contributed by atoms with E-state index in [-0.39, 0.29) is 5.91 Å². The number of nitrogens with one attached hydrogen (secondary N) is 2. The molecule has 3 heteroatoms. The van der Waals surface area contributed by atoms with E-state index >= 15 is 0 Å². The minimum Gasteiger partial charge on any atom is -0.385 e. The molecule has 2 unspecified atom stereocenters. The summed E-state index contributed by atoms with van der Waals surface area (Å²) in [5.74, 6) is 0.700. The van der Waals surface area contributed by atoms with Crippen molar-refractivity contribution in [3.05, 3.63) is 29.8 Å². The quantitative estimate of drug-likeness (QED) is 0.857. The second-order valence-electron chi connectivity index (χ2n) is 5.61. The van der Waals surface area contributed by atoms with Crippen molar-refractivity contribution in [3.8, 4) is 0 Å². The van der Waals surface area contributed by atoms with Gasteiger partial charge < -0.3 is 10.6 Å². The molecule has 2 rings (SSSR count). The van der Waals surface area contributed by atoms with Crippen LogP contribution in [0.25, 0.3) is 0 Å². The summed E-state index contributed by atoms with van der Waals surface area (Å²) in [6, 6.07) is 8.10. The van der Waals surface area contributed by atoms with E-state index < -0.39 is 0 Å². The summed E-state index contributed by atoms with van der Waals surface area (Å²) in [5, 5.41) is 6.51. The van der Waals surface area contributed by atoms with Crippen molar-refractivity contribution < 1.29 is 4.79 Å². The SMILES string of the molecule is CCNc1ccccc1C(=O)NC1CCCCC1CC. The number of carbonyl (C=O) groups excluding carboxylic acids is 1. The van der Waals surface area contributed by atoms with E-state index in [1.54, 1.807) is 0 Å². The van der Waals surface area contributed by atoms with E-state index in [0.29, 0.717) is 12.0 Å².